The minimum Gasteiger partial charge on any atom is -0.370 e. The summed E-state index contributed by atoms with van der Waals surface area (Å²) >= 11 is 0. The first-order valence-corrected chi connectivity index (χ1v) is 5.73. The van der Waals surface area contributed by atoms with E-state index in [2.05, 4.69) is 32.1 Å². The smallest absolute Gasteiger partial charge is 0.0760 e. The van der Waals surface area contributed by atoms with Gasteiger partial charge in [0.1, 0.15) is 0 Å². The van der Waals surface area contributed by atoms with Crippen molar-refractivity contribution in [2.24, 2.45) is 0 Å². The highest BCUT2D eigenvalue weighted by Gasteiger charge is 2.06. The predicted octanol–water partition coefficient (Wildman–Crippen LogP) is 3.86. The maximum Gasteiger partial charge on any atom is 0.0760 e. The third-order valence-electron chi connectivity index (χ3n) is 2.73. The van der Waals surface area contributed by atoms with Gasteiger partial charge in [-0.25, -0.2) is 0 Å². The number of allylic oxidation sites excluding steroid dienone is 2. The maximum absolute atomic E-state index is 5.82. The van der Waals surface area contributed by atoms with Crippen LogP contribution in [0.25, 0.3) is 0 Å². The minimum absolute atomic E-state index is 0.352. The van der Waals surface area contributed by atoms with Crippen molar-refractivity contribution in [1.29, 1.82) is 0 Å². The lowest BCUT2D eigenvalue weighted by molar-refractivity contribution is 0.0944. The molecule has 14 heavy (non-hydrogen) atoms. The molecule has 1 atom stereocenters. The van der Waals surface area contributed by atoms with Gasteiger partial charge in [0.15, 0.2) is 0 Å². The van der Waals surface area contributed by atoms with Gasteiger partial charge >= 0.3 is 0 Å². The molecule has 0 N–H and O–H groups in total. The van der Waals surface area contributed by atoms with Crippen molar-refractivity contribution in [1.82, 2.24) is 0 Å². The molecule has 0 aromatic rings. The summed E-state index contributed by atoms with van der Waals surface area (Å²) in [6.45, 7) is 4.96. The van der Waals surface area contributed by atoms with E-state index in [1.165, 1.54) is 37.7 Å². The highest BCUT2D eigenvalue weighted by Crippen LogP contribution is 2.14. The van der Waals surface area contributed by atoms with E-state index >= 15 is 0 Å². The number of ether oxygens (including phenoxy) is 1. The van der Waals surface area contributed by atoms with Crippen molar-refractivity contribution in [3.63, 3.8) is 0 Å². The molecule has 0 spiro atoms. The van der Waals surface area contributed by atoms with E-state index in [4.69, 9.17) is 4.74 Å². The van der Waals surface area contributed by atoms with E-state index in [9.17, 15) is 0 Å². The van der Waals surface area contributed by atoms with Crippen molar-refractivity contribution < 1.29 is 4.74 Å². The molecule has 0 saturated carbocycles. The Labute approximate surface area is 87.8 Å². The Kier molecular flexibility index (Phi) is 5.62. The third kappa shape index (κ3) is 4.61. The van der Waals surface area contributed by atoms with E-state index in [1.54, 1.807) is 0 Å². The van der Waals surface area contributed by atoms with Gasteiger partial charge < -0.3 is 4.74 Å². The molecule has 0 aromatic heterocycles. The van der Waals surface area contributed by atoms with Crippen LogP contribution in [0.1, 0.15) is 46.0 Å². The lowest BCUT2D eigenvalue weighted by Gasteiger charge is -2.16. The van der Waals surface area contributed by atoms with Crippen LogP contribution in [0.4, 0.5) is 0 Å². The summed E-state index contributed by atoms with van der Waals surface area (Å²) in [5, 5.41) is 0. The molecular formula is C13H22O. The van der Waals surface area contributed by atoms with Crippen LogP contribution in [0.3, 0.4) is 0 Å². The van der Waals surface area contributed by atoms with Gasteiger partial charge in [-0.1, -0.05) is 36.6 Å². The Morgan fingerprint density at radius 2 is 2.29 bits per heavy atom. The molecule has 1 rings (SSSR count). The van der Waals surface area contributed by atoms with Crippen LogP contribution < -0.4 is 0 Å². The van der Waals surface area contributed by atoms with Crippen molar-refractivity contribution in [3.05, 3.63) is 23.8 Å². The Hall–Kier alpha value is -0.560. The second-order valence-electron chi connectivity index (χ2n) is 4.05. The number of hydrogen-bond donors (Lipinski definition) is 0. The summed E-state index contributed by atoms with van der Waals surface area (Å²) in [7, 11) is 0. The molecular weight excluding hydrogens is 172 g/mol. The highest BCUT2D eigenvalue weighted by atomic mass is 16.5. The van der Waals surface area contributed by atoms with Crippen LogP contribution in [0.2, 0.25) is 0 Å². The SMILES string of the molecule is C/C=C(\C)COC1/C=C\CCCCC1. The molecule has 80 valence electrons. The summed E-state index contributed by atoms with van der Waals surface area (Å²) in [5.41, 5.74) is 1.32. The van der Waals surface area contributed by atoms with Crippen LogP contribution in [0.5, 0.6) is 0 Å². The van der Waals surface area contributed by atoms with E-state index in [0.717, 1.165) is 6.61 Å². The Morgan fingerprint density at radius 3 is 3.07 bits per heavy atom. The van der Waals surface area contributed by atoms with Gasteiger partial charge in [-0.05, 0) is 33.1 Å². The molecule has 0 fully saturated rings. The standard InChI is InChI=1S/C13H22O/c1-3-12(2)11-14-13-9-7-5-4-6-8-10-13/h3,7,9,13H,4-6,8,10-11H2,1-2H3/b9-7-,12-3+. The van der Waals surface area contributed by atoms with E-state index in [1.807, 2.05) is 0 Å². The molecule has 0 amide bonds. The summed E-state index contributed by atoms with van der Waals surface area (Å²) in [4.78, 5) is 0. The molecule has 1 unspecified atom stereocenters. The second-order valence-corrected chi connectivity index (χ2v) is 4.05. The average Bonchev–Trinajstić information content (AvgIpc) is 2.15. The van der Waals surface area contributed by atoms with Crippen LogP contribution >= 0.6 is 0 Å². The zero-order valence-electron chi connectivity index (χ0n) is 9.46. The fraction of sp³-hybridized carbons (Fsp3) is 0.692. The zero-order valence-corrected chi connectivity index (χ0v) is 9.46. The molecule has 0 radical (unpaired) electrons. The average molecular weight is 194 g/mol. The highest BCUT2D eigenvalue weighted by molar-refractivity contribution is 4.97. The van der Waals surface area contributed by atoms with Gasteiger partial charge in [-0.2, -0.15) is 0 Å². The first-order chi connectivity index (χ1) is 6.83. The minimum atomic E-state index is 0.352. The van der Waals surface area contributed by atoms with Crippen molar-refractivity contribution in [3.8, 4) is 0 Å². The van der Waals surface area contributed by atoms with E-state index in [0.29, 0.717) is 6.10 Å². The first-order valence-electron chi connectivity index (χ1n) is 5.73. The lowest BCUT2D eigenvalue weighted by atomic mass is 10.0. The first kappa shape index (κ1) is 11.5. The van der Waals surface area contributed by atoms with Gasteiger partial charge in [0.05, 0.1) is 12.7 Å². The van der Waals surface area contributed by atoms with Crippen molar-refractivity contribution in [2.75, 3.05) is 6.61 Å². The second kappa shape index (κ2) is 6.83. The summed E-state index contributed by atoms with van der Waals surface area (Å²) < 4.78 is 5.82. The monoisotopic (exact) mass is 194 g/mol. The molecule has 0 aliphatic heterocycles. The Morgan fingerprint density at radius 1 is 1.43 bits per heavy atom. The number of rotatable bonds is 3. The largest absolute Gasteiger partial charge is 0.370 e. The molecule has 0 saturated heterocycles. The van der Waals surface area contributed by atoms with E-state index in [-0.39, 0.29) is 0 Å². The van der Waals surface area contributed by atoms with E-state index < -0.39 is 0 Å². The maximum atomic E-state index is 5.82. The van der Waals surface area contributed by atoms with Gasteiger partial charge in [0, 0.05) is 0 Å². The molecule has 0 bridgehead atoms. The van der Waals surface area contributed by atoms with Crippen LogP contribution in [0, 0.1) is 0 Å². The Balaban J connectivity index is 2.30. The molecule has 1 heteroatoms. The molecule has 0 heterocycles. The quantitative estimate of drug-likeness (QED) is 0.620. The molecule has 1 nitrogen and oxygen atoms in total. The normalized spacial score (nSPS) is 26.7. The Bertz CT molecular complexity index is 203. The zero-order chi connectivity index (χ0) is 10.2. The van der Waals surface area contributed by atoms with Crippen LogP contribution in [-0.4, -0.2) is 12.7 Å². The topological polar surface area (TPSA) is 9.23 Å². The molecule has 0 aromatic carbocycles. The van der Waals surface area contributed by atoms with Gasteiger partial charge in [0.2, 0.25) is 0 Å². The lowest BCUT2D eigenvalue weighted by Crippen LogP contribution is -2.12. The van der Waals surface area contributed by atoms with Crippen LogP contribution in [-0.2, 0) is 4.74 Å². The fourth-order valence-electron chi connectivity index (χ4n) is 1.59. The number of hydrogen-bond acceptors (Lipinski definition) is 1. The molecule has 1 aliphatic carbocycles. The van der Waals surface area contributed by atoms with Gasteiger partial charge in [-0.3, -0.25) is 0 Å². The van der Waals surface area contributed by atoms with Gasteiger partial charge in [-0.15, -0.1) is 0 Å². The summed E-state index contributed by atoms with van der Waals surface area (Å²) in [6.07, 6.45) is 13.4. The third-order valence-corrected chi connectivity index (χ3v) is 2.73. The van der Waals surface area contributed by atoms with Gasteiger partial charge in [0.25, 0.3) is 0 Å². The van der Waals surface area contributed by atoms with Crippen molar-refractivity contribution >= 4 is 0 Å². The van der Waals surface area contributed by atoms with Crippen LogP contribution in [0.15, 0.2) is 23.8 Å². The predicted molar refractivity (Wildman–Crippen MR) is 61.4 cm³/mol. The van der Waals surface area contributed by atoms with Crippen molar-refractivity contribution in [2.45, 2.75) is 52.1 Å². The molecule has 1 aliphatic rings. The fourth-order valence-corrected chi connectivity index (χ4v) is 1.59. The summed E-state index contributed by atoms with van der Waals surface area (Å²) in [6, 6.07) is 0. The summed E-state index contributed by atoms with van der Waals surface area (Å²) in [5.74, 6) is 0.